The molecular weight excluding hydrogens is 777 g/mol. The fourth-order valence-corrected chi connectivity index (χ4v) is 14.5. The molecule has 6 aliphatic carbocycles. The number of hydrogen-bond acceptors (Lipinski definition) is 2. The zero-order valence-corrected chi connectivity index (χ0v) is 37.5. The molecule has 7 aromatic carbocycles. The smallest absolute Gasteiger partial charge is 0.168 e. The minimum atomic E-state index is -0.452. The number of fused-ring (bicyclic) bond motifs is 19. The van der Waals surface area contributed by atoms with Crippen LogP contribution in [0.2, 0.25) is 0 Å². The van der Waals surface area contributed by atoms with Crippen molar-refractivity contribution in [2.45, 2.75) is 96.3 Å². The highest BCUT2D eigenvalue weighted by Gasteiger charge is 2.52. The molecule has 0 N–H and O–H groups in total. The van der Waals surface area contributed by atoms with Gasteiger partial charge in [0.15, 0.2) is 5.78 Å². The maximum absolute atomic E-state index is 14.6. The van der Waals surface area contributed by atoms with Crippen LogP contribution in [-0.2, 0) is 10.8 Å². The zero-order valence-electron chi connectivity index (χ0n) is 37.5. The van der Waals surface area contributed by atoms with Crippen LogP contribution in [0.3, 0.4) is 0 Å². The highest BCUT2D eigenvalue weighted by Crippen LogP contribution is 2.64. The number of carbonyl (C=O) groups excluding carboxylic acids is 1. The van der Waals surface area contributed by atoms with Gasteiger partial charge in [-0.2, -0.15) is 5.26 Å². The molecule has 15 rings (SSSR count). The number of carbonyl (C=O) groups is 1. The van der Waals surface area contributed by atoms with Crippen LogP contribution in [0.1, 0.15) is 140 Å². The summed E-state index contributed by atoms with van der Waals surface area (Å²) in [4.78, 5) is 14.6. The average molecular weight is 827 g/mol. The van der Waals surface area contributed by atoms with Gasteiger partial charge in [-0.15, -0.1) is 0 Å². The van der Waals surface area contributed by atoms with E-state index in [4.69, 9.17) is 0 Å². The van der Waals surface area contributed by atoms with E-state index >= 15 is 0 Å². The van der Waals surface area contributed by atoms with Gasteiger partial charge in [-0.25, -0.2) is 0 Å². The molecule has 3 nitrogen and oxygen atoms in total. The predicted molar refractivity (Wildman–Crippen MR) is 261 cm³/mol. The van der Waals surface area contributed by atoms with Crippen molar-refractivity contribution in [2.75, 3.05) is 0 Å². The van der Waals surface area contributed by atoms with Gasteiger partial charge in [0.05, 0.1) is 33.6 Å². The van der Waals surface area contributed by atoms with Gasteiger partial charge in [-0.1, -0.05) is 126 Å². The fraction of sp³-hybridized carbons (Fsp3) is 0.279. The number of nitriles is 1. The summed E-state index contributed by atoms with van der Waals surface area (Å²) in [6.45, 7) is 13.8. The van der Waals surface area contributed by atoms with Crippen LogP contribution in [0.5, 0.6) is 0 Å². The van der Waals surface area contributed by atoms with Crippen molar-refractivity contribution >= 4 is 43.9 Å². The number of Topliss-reactive ketones (excluding diaryl/α,β-unsaturated/α-hetero) is 1. The van der Waals surface area contributed by atoms with E-state index < -0.39 is 10.8 Å². The second-order valence-corrected chi connectivity index (χ2v) is 22.2. The lowest BCUT2D eigenvalue weighted by atomic mass is 9.54. The van der Waals surface area contributed by atoms with Crippen LogP contribution < -0.4 is 0 Å². The van der Waals surface area contributed by atoms with Gasteiger partial charge < -0.3 is 4.40 Å². The van der Waals surface area contributed by atoms with E-state index in [9.17, 15) is 10.1 Å². The Kier molecular flexibility index (Phi) is 6.80. The second-order valence-electron chi connectivity index (χ2n) is 22.2. The first-order valence-corrected chi connectivity index (χ1v) is 23.6. The van der Waals surface area contributed by atoms with Crippen molar-refractivity contribution in [1.29, 1.82) is 5.26 Å². The zero-order chi connectivity index (χ0) is 43.4. The molecule has 2 atom stereocenters. The average Bonchev–Trinajstić information content (AvgIpc) is 3.99. The summed E-state index contributed by atoms with van der Waals surface area (Å²) < 4.78 is 2.45. The molecule has 64 heavy (non-hydrogen) atoms. The molecule has 0 radical (unpaired) electrons. The Morgan fingerprint density at radius 1 is 0.562 bits per heavy atom. The summed E-state index contributed by atoms with van der Waals surface area (Å²) in [5, 5.41) is 15.9. The maximum atomic E-state index is 14.6. The number of nitrogens with zero attached hydrogens (tertiary/aromatic N) is 2. The maximum Gasteiger partial charge on any atom is 0.168 e. The summed E-state index contributed by atoms with van der Waals surface area (Å²) in [6.07, 6.45) is 5.21. The largest absolute Gasteiger partial charge is 0.308 e. The molecule has 0 amide bonds. The van der Waals surface area contributed by atoms with E-state index in [1.807, 2.05) is 0 Å². The van der Waals surface area contributed by atoms with E-state index in [0.29, 0.717) is 11.8 Å². The first-order chi connectivity index (χ1) is 30.8. The van der Waals surface area contributed by atoms with Gasteiger partial charge in [-0.3, -0.25) is 4.79 Å². The summed E-state index contributed by atoms with van der Waals surface area (Å²) in [5.41, 5.74) is 21.0. The topological polar surface area (TPSA) is 45.3 Å². The fourth-order valence-electron chi connectivity index (χ4n) is 14.5. The Morgan fingerprint density at radius 2 is 1.19 bits per heavy atom. The van der Waals surface area contributed by atoms with Crippen molar-refractivity contribution in [3.63, 3.8) is 0 Å². The quantitative estimate of drug-likeness (QED) is 0.155. The third-order valence-corrected chi connectivity index (χ3v) is 17.6. The van der Waals surface area contributed by atoms with E-state index in [2.05, 4.69) is 173 Å². The number of benzene rings is 7. The highest BCUT2D eigenvalue weighted by atomic mass is 16.1. The van der Waals surface area contributed by atoms with Crippen LogP contribution in [0.25, 0.3) is 71.5 Å². The molecule has 0 aliphatic heterocycles. The molecule has 1 spiro atoms. The van der Waals surface area contributed by atoms with Gasteiger partial charge in [0.2, 0.25) is 0 Å². The van der Waals surface area contributed by atoms with E-state index in [1.165, 1.54) is 93.8 Å². The lowest BCUT2D eigenvalue weighted by Crippen LogP contribution is -2.36. The molecule has 6 aliphatic rings. The van der Waals surface area contributed by atoms with Crippen LogP contribution in [-0.4, -0.2) is 10.2 Å². The molecule has 310 valence electrons. The molecule has 1 fully saturated rings. The van der Waals surface area contributed by atoms with Crippen LogP contribution >= 0.6 is 0 Å². The number of rotatable bonds is 1. The third kappa shape index (κ3) is 4.27. The minimum absolute atomic E-state index is 0.131. The molecule has 2 aromatic heterocycles. The first-order valence-electron chi connectivity index (χ1n) is 23.6. The minimum Gasteiger partial charge on any atom is -0.308 e. The second kappa shape index (κ2) is 11.8. The van der Waals surface area contributed by atoms with Crippen LogP contribution in [0.4, 0.5) is 0 Å². The molecule has 2 bridgehead atoms. The van der Waals surface area contributed by atoms with Crippen molar-refractivity contribution in [3.05, 3.63) is 171 Å². The lowest BCUT2D eigenvalue weighted by Gasteiger charge is -2.50. The third-order valence-electron chi connectivity index (χ3n) is 17.6. The molecular formula is C61H50N2O. The highest BCUT2D eigenvalue weighted by molar-refractivity contribution is 6.26. The Hall–Kier alpha value is -6.50. The van der Waals surface area contributed by atoms with Crippen LogP contribution in [0.15, 0.2) is 121 Å². The van der Waals surface area contributed by atoms with E-state index in [0.717, 1.165) is 59.8 Å². The van der Waals surface area contributed by atoms with E-state index in [1.54, 1.807) is 0 Å². The number of hydrogen-bond donors (Lipinski definition) is 0. The Morgan fingerprint density at radius 3 is 1.84 bits per heavy atom. The molecule has 1 saturated carbocycles. The molecule has 9 aromatic rings. The van der Waals surface area contributed by atoms with Gasteiger partial charge in [0.1, 0.15) is 0 Å². The molecule has 3 heteroatoms. The summed E-state index contributed by atoms with van der Waals surface area (Å²) in [6, 6.07) is 49.0. The van der Waals surface area contributed by atoms with Gasteiger partial charge in [-0.05, 0) is 163 Å². The van der Waals surface area contributed by atoms with Crippen molar-refractivity contribution in [1.82, 2.24) is 4.40 Å². The Labute approximate surface area is 374 Å². The Balaban J connectivity index is 1.12. The SMILES string of the molecule is CC1(C)CCC(C)(C)c2cc3c4cc(-c5ccc6c(c5)C5(c7ccccc7-c7ccccc75)c5ccccc5-6)cc5c6c7c(c(C#N)cc6n(c3cc2C1=O)c45)C1CCC7C(C)(C)C1. The number of aromatic nitrogens is 1. The Bertz CT molecular complexity index is 3610. The van der Waals surface area contributed by atoms with E-state index in [-0.39, 0.29) is 16.6 Å². The summed E-state index contributed by atoms with van der Waals surface area (Å²) in [5.74, 6) is 0.983. The van der Waals surface area contributed by atoms with Crippen LogP contribution in [0, 0.1) is 22.2 Å². The first kappa shape index (κ1) is 36.9. The van der Waals surface area contributed by atoms with Gasteiger partial charge in [0, 0.05) is 32.5 Å². The number of ketones is 1. The van der Waals surface area contributed by atoms with Gasteiger partial charge >= 0.3 is 0 Å². The van der Waals surface area contributed by atoms with Crippen molar-refractivity contribution < 1.29 is 4.79 Å². The molecule has 0 saturated heterocycles. The van der Waals surface area contributed by atoms with Crippen molar-refractivity contribution in [3.8, 4) is 39.4 Å². The molecule has 2 unspecified atom stereocenters. The normalized spacial score (nSPS) is 21.2. The molecule has 2 heterocycles. The summed E-state index contributed by atoms with van der Waals surface area (Å²) in [7, 11) is 0. The standard InChI is InChI=1S/C61H50N2O/c1-58(2)23-24-59(3,4)57(64)43-30-51-41(29-49(43)58)42-25-35(26-44-54-52(63(51)56(42)44)28-36(32-62)53-34-20-22-48(55(53)54)60(5,6)31-34)33-19-21-40-39-15-9-12-18-47(39)61(50(40)27-33)45-16-10-7-13-37(45)38-14-8-11-17-46(38)61/h7-19,21,25-30,34,48H,20,22-24,31H2,1-6H3. The van der Waals surface area contributed by atoms with Gasteiger partial charge in [0.25, 0.3) is 0 Å². The summed E-state index contributed by atoms with van der Waals surface area (Å²) >= 11 is 0. The monoisotopic (exact) mass is 826 g/mol. The predicted octanol–water partition coefficient (Wildman–Crippen LogP) is 15.4. The lowest BCUT2D eigenvalue weighted by molar-refractivity contribution is 0.0828. The van der Waals surface area contributed by atoms with Crippen molar-refractivity contribution in [2.24, 2.45) is 10.8 Å².